The number of benzene rings is 1. The van der Waals surface area contributed by atoms with Crippen LogP contribution in [0.2, 0.25) is 0 Å². The molecule has 2 unspecified atom stereocenters. The van der Waals surface area contributed by atoms with Crippen LogP contribution in [0.1, 0.15) is 30.1 Å². The van der Waals surface area contributed by atoms with E-state index in [4.69, 9.17) is 9.47 Å². The van der Waals surface area contributed by atoms with Crippen LogP contribution < -0.4 is 15.4 Å². The second-order valence-corrected chi connectivity index (χ2v) is 5.37. The minimum atomic E-state index is -0.0836. The van der Waals surface area contributed by atoms with Crippen molar-refractivity contribution in [3.05, 3.63) is 29.8 Å². The fourth-order valence-corrected chi connectivity index (χ4v) is 2.14. The molecule has 21 heavy (non-hydrogen) atoms. The molecular weight excluding hydrogens is 268 g/mol. The van der Waals surface area contributed by atoms with Gasteiger partial charge in [-0.15, -0.1) is 0 Å². The molecule has 0 bridgehead atoms. The Hall–Kier alpha value is -1.59. The van der Waals surface area contributed by atoms with Crippen LogP contribution in [0, 0.1) is 0 Å². The molecule has 1 aliphatic rings. The summed E-state index contributed by atoms with van der Waals surface area (Å²) in [4.78, 5) is 12.1. The van der Waals surface area contributed by atoms with Gasteiger partial charge < -0.3 is 20.1 Å². The van der Waals surface area contributed by atoms with Crippen molar-refractivity contribution < 1.29 is 14.3 Å². The third kappa shape index (κ3) is 5.02. The van der Waals surface area contributed by atoms with E-state index in [0.29, 0.717) is 24.5 Å². The normalized spacial score (nSPS) is 19.2. The maximum Gasteiger partial charge on any atom is 0.251 e. The molecule has 1 aliphatic heterocycles. The lowest BCUT2D eigenvalue weighted by atomic mass is 10.2. The van der Waals surface area contributed by atoms with Gasteiger partial charge in [-0.2, -0.15) is 0 Å². The predicted molar refractivity (Wildman–Crippen MR) is 81.8 cm³/mol. The first-order valence-corrected chi connectivity index (χ1v) is 7.49. The van der Waals surface area contributed by atoms with E-state index in [1.165, 1.54) is 0 Å². The van der Waals surface area contributed by atoms with Crippen LogP contribution in [0.5, 0.6) is 5.75 Å². The summed E-state index contributed by atoms with van der Waals surface area (Å²) in [6.45, 7) is 3.97. The molecule has 1 amide bonds. The zero-order valence-electron chi connectivity index (χ0n) is 12.7. The van der Waals surface area contributed by atoms with Crippen LogP contribution in [0.25, 0.3) is 0 Å². The average molecular weight is 292 g/mol. The van der Waals surface area contributed by atoms with Crippen molar-refractivity contribution in [3.8, 4) is 5.75 Å². The second-order valence-electron chi connectivity index (χ2n) is 5.37. The zero-order chi connectivity index (χ0) is 15.1. The molecule has 1 aromatic carbocycles. The van der Waals surface area contributed by atoms with Gasteiger partial charge in [0.15, 0.2) is 0 Å². The monoisotopic (exact) mass is 292 g/mol. The molecule has 1 aromatic rings. The Morgan fingerprint density at radius 2 is 2.38 bits per heavy atom. The number of amides is 1. The molecule has 0 aromatic heterocycles. The van der Waals surface area contributed by atoms with E-state index in [-0.39, 0.29) is 18.1 Å². The fourth-order valence-electron chi connectivity index (χ4n) is 2.14. The third-order valence-corrected chi connectivity index (χ3v) is 3.62. The highest BCUT2D eigenvalue weighted by molar-refractivity contribution is 5.94. The van der Waals surface area contributed by atoms with Crippen molar-refractivity contribution in [2.75, 3.05) is 26.8 Å². The number of rotatable bonds is 7. The average Bonchev–Trinajstić information content (AvgIpc) is 3.04. The van der Waals surface area contributed by atoms with Crippen molar-refractivity contribution >= 4 is 5.91 Å². The molecule has 116 valence electrons. The Kier molecular flexibility index (Phi) is 6.02. The van der Waals surface area contributed by atoms with E-state index in [2.05, 4.69) is 10.6 Å². The van der Waals surface area contributed by atoms with Crippen molar-refractivity contribution in [3.63, 3.8) is 0 Å². The standard InChI is InChI=1S/C16H24N2O3/c1-12(17-2)10-18-16(19)13-5-3-6-14(9-13)21-11-15-7-4-8-20-15/h3,5-6,9,12,15,17H,4,7-8,10-11H2,1-2H3,(H,18,19). The first-order chi connectivity index (χ1) is 10.2. The second kappa shape index (κ2) is 8.00. The van der Waals surface area contributed by atoms with Gasteiger partial charge in [-0.05, 0) is 45.0 Å². The van der Waals surface area contributed by atoms with E-state index in [1.54, 1.807) is 12.1 Å². The van der Waals surface area contributed by atoms with Crippen LogP contribution in [-0.4, -0.2) is 44.9 Å². The van der Waals surface area contributed by atoms with Gasteiger partial charge in [0.2, 0.25) is 0 Å². The lowest BCUT2D eigenvalue weighted by Crippen LogP contribution is -2.37. The number of nitrogens with one attached hydrogen (secondary N) is 2. The SMILES string of the molecule is CNC(C)CNC(=O)c1cccc(OCC2CCCO2)c1. The fraction of sp³-hybridized carbons (Fsp3) is 0.562. The summed E-state index contributed by atoms with van der Waals surface area (Å²) in [5.74, 6) is 0.625. The Labute approximate surface area is 126 Å². The highest BCUT2D eigenvalue weighted by atomic mass is 16.5. The van der Waals surface area contributed by atoms with Crippen molar-refractivity contribution in [2.45, 2.75) is 31.9 Å². The summed E-state index contributed by atoms with van der Waals surface area (Å²) in [5.41, 5.74) is 0.614. The third-order valence-electron chi connectivity index (χ3n) is 3.62. The van der Waals surface area contributed by atoms with E-state index in [1.807, 2.05) is 26.1 Å². The highest BCUT2D eigenvalue weighted by Crippen LogP contribution is 2.17. The van der Waals surface area contributed by atoms with Crippen LogP contribution >= 0.6 is 0 Å². The Balaban J connectivity index is 1.85. The molecule has 2 atom stereocenters. The zero-order valence-corrected chi connectivity index (χ0v) is 12.7. The van der Waals surface area contributed by atoms with Crippen LogP contribution in [0.3, 0.4) is 0 Å². The van der Waals surface area contributed by atoms with Crippen LogP contribution in [0.4, 0.5) is 0 Å². The number of carbonyl (C=O) groups is 1. The summed E-state index contributed by atoms with van der Waals surface area (Å²) in [6, 6.07) is 7.50. The summed E-state index contributed by atoms with van der Waals surface area (Å²) >= 11 is 0. The lowest BCUT2D eigenvalue weighted by molar-refractivity contribution is 0.0679. The molecule has 5 nitrogen and oxygen atoms in total. The van der Waals surface area contributed by atoms with Gasteiger partial charge in [0.25, 0.3) is 5.91 Å². The summed E-state index contributed by atoms with van der Waals surface area (Å²) in [5, 5.41) is 5.97. The van der Waals surface area contributed by atoms with Gasteiger partial charge in [-0.25, -0.2) is 0 Å². The van der Waals surface area contributed by atoms with Crippen molar-refractivity contribution in [1.29, 1.82) is 0 Å². The van der Waals surface area contributed by atoms with Gasteiger partial charge in [0, 0.05) is 24.8 Å². The van der Waals surface area contributed by atoms with E-state index < -0.39 is 0 Å². The predicted octanol–water partition coefficient (Wildman–Crippen LogP) is 1.58. The molecule has 2 rings (SSSR count). The number of hydrogen-bond donors (Lipinski definition) is 2. The Bertz CT molecular complexity index is 459. The van der Waals surface area contributed by atoms with Gasteiger partial charge in [0.05, 0.1) is 6.10 Å². The van der Waals surface area contributed by atoms with E-state index >= 15 is 0 Å². The molecule has 1 heterocycles. The number of carbonyl (C=O) groups excluding carboxylic acids is 1. The summed E-state index contributed by atoms with van der Waals surface area (Å²) < 4.78 is 11.2. The molecular formula is C16H24N2O3. The van der Waals surface area contributed by atoms with Crippen LogP contribution in [-0.2, 0) is 4.74 Å². The van der Waals surface area contributed by atoms with Gasteiger partial charge >= 0.3 is 0 Å². The Morgan fingerprint density at radius 1 is 1.52 bits per heavy atom. The van der Waals surface area contributed by atoms with Crippen molar-refractivity contribution in [1.82, 2.24) is 10.6 Å². The lowest BCUT2D eigenvalue weighted by Gasteiger charge is -2.13. The molecule has 0 radical (unpaired) electrons. The molecule has 1 saturated heterocycles. The maximum absolute atomic E-state index is 12.1. The first-order valence-electron chi connectivity index (χ1n) is 7.49. The van der Waals surface area contributed by atoms with E-state index in [9.17, 15) is 4.79 Å². The minimum absolute atomic E-state index is 0.0836. The van der Waals surface area contributed by atoms with Crippen molar-refractivity contribution in [2.24, 2.45) is 0 Å². The minimum Gasteiger partial charge on any atom is -0.491 e. The quantitative estimate of drug-likeness (QED) is 0.801. The molecule has 1 fully saturated rings. The number of ether oxygens (including phenoxy) is 2. The topological polar surface area (TPSA) is 59.6 Å². The number of likely N-dealkylation sites (N-methyl/N-ethyl adjacent to an activating group) is 1. The van der Waals surface area contributed by atoms with Gasteiger partial charge in [-0.3, -0.25) is 4.79 Å². The van der Waals surface area contributed by atoms with Crippen LogP contribution in [0.15, 0.2) is 24.3 Å². The smallest absolute Gasteiger partial charge is 0.251 e. The van der Waals surface area contributed by atoms with E-state index in [0.717, 1.165) is 19.4 Å². The number of hydrogen-bond acceptors (Lipinski definition) is 4. The molecule has 5 heteroatoms. The molecule has 0 saturated carbocycles. The Morgan fingerprint density at radius 3 is 3.10 bits per heavy atom. The van der Waals surface area contributed by atoms with Gasteiger partial charge in [-0.1, -0.05) is 6.07 Å². The summed E-state index contributed by atoms with van der Waals surface area (Å²) in [7, 11) is 1.87. The molecule has 0 spiro atoms. The maximum atomic E-state index is 12.1. The highest BCUT2D eigenvalue weighted by Gasteiger charge is 2.16. The largest absolute Gasteiger partial charge is 0.491 e. The summed E-state index contributed by atoms with van der Waals surface area (Å²) in [6.07, 6.45) is 2.32. The first kappa shape index (κ1) is 15.8. The van der Waals surface area contributed by atoms with Gasteiger partial charge in [0.1, 0.15) is 12.4 Å². The molecule has 2 N–H and O–H groups in total. The molecule has 0 aliphatic carbocycles.